The number of ketones is 1. The van der Waals surface area contributed by atoms with Gasteiger partial charge in [0.1, 0.15) is 0 Å². The van der Waals surface area contributed by atoms with Gasteiger partial charge in [0.05, 0.1) is 5.02 Å². The van der Waals surface area contributed by atoms with Gasteiger partial charge in [0.2, 0.25) is 0 Å². The molecule has 0 saturated carbocycles. The third-order valence-corrected chi connectivity index (χ3v) is 3.97. The molecule has 0 bridgehead atoms. The van der Waals surface area contributed by atoms with Crippen molar-refractivity contribution in [1.82, 2.24) is 0 Å². The minimum Gasteiger partial charge on any atom is -0.294 e. The molecule has 3 aromatic carbocycles. The number of benzene rings is 3. The molecule has 21 heavy (non-hydrogen) atoms. The lowest BCUT2D eigenvalue weighted by molar-refractivity contribution is 0.0993. The van der Waals surface area contributed by atoms with Gasteiger partial charge in [0, 0.05) is 17.0 Å². The topological polar surface area (TPSA) is 17.1 Å². The smallest absolute Gasteiger partial charge is 0.168 e. The van der Waals surface area contributed by atoms with Crippen LogP contribution in [0.2, 0.25) is 10.0 Å². The van der Waals surface area contributed by atoms with Gasteiger partial charge in [-0.15, -0.1) is 0 Å². The normalized spacial score (nSPS) is 10.8. The molecule has 104 valence electrons. The summed E-state index contributed by atoms with van der Waals surface area (Å²) in [7, 11) is 0. The van der Waals surface area contributed by atoms with Crippen LogP contribution in [-0.4, -0.2) is 5.78 Å². The number of hydrogen-bond acceptors (Lipinski definition) is 1. The van der Waals surface area contributed by atoms with Gasteiger partial charge in [0.25, 0.3) is 0 Å². The van der Waals surface area contributed by atoms with Gasteiger partial charge in [-0.3, -0.25) is 4.79 Å². The summed E-state index contributed by atoms with van der Waals surface area (Å²) in [6.45, 7) is 0. The number of carbonyl (C=O) groups excluding carboxylic acids is 1. The summed E-state index contributed by atoms with van der Waals surface area (Å²) >= 11 is 12.0. The Morgan fingerprint density at radius 3 is 2.43 bits per heavy atom. The van der Waals surface area contributed by atoms with Crippen LogP contribution in [-0.2, 0) is 6.42 Å². The SMILES string of the molecule is O=C(Cc1ccc2ccccc2c1)c1cc(Cl)ccc1Cl. The van der Waals surface area contributed by atoms with Gasteiger partial charge in [-0.2, -0.15) is 0 Å². The van der Waals surface area contributed by atoms with Crippen LogP contribution in [0.5, 0.6) is 0 Å². The average Bonchev–Trinajstić information content (AvgIpc) is 2.49. The van der Waals surface area contributed by atoms with Gasteiger partial charge in [-0.05, 0) is 34.5 Å². The van der Waals surface area contributed by atoms with Crippen LogP contribution in [0.3, 0.4) is 0 Å². The maximum Gasteiger partial charge on any atom is 0.168 e. The van der Waals surface area contributed by atoms with E-state index in [9.17, 15) is 4.79 Å². The van der Waals surface area contributed by atoms with E-state index in [1.54, 1.807) is 18.2 Å². The molecule has 0 heterocycles. The molecule has 3 heteroatoms. The van der Waals surface area contributed by atoms with Crippen molar-refractivity contribution in [2.24, 2.45) is 0 Å². The summed E-state index contributed by atoms with van der Waals surface area (Å²) in [4.78, 5) is 12.4. The first kappa shape index (κ1) is 14.1. The Morgan fingerprint density at radius 2 is 1.62 bits per heavy atom. The molecular formula is C18H12Cl2O. The first-order valence-corrected chi connectivity index (χ1v) is 7.35. The van der Waals surface area contributed by atoms with E-state index in [4.69, 9.17) is 23.2 Å². The summed E-state index contributed by atoms with van der Waals surface area (Å²) in [5, 5.41) is 3.24. The number of carbonyl (C=O) groups is 1. The summed E-state index contributed by atoms with van der Waals surface area (Å²) in [5.74, 6) is -0.0298. The van der Waals surface area contributed by atoms with E-state index in [2.05, 4.69) is 6.07 Å². The van der Waals surface area contributed by atoms with Crippen molar-refractivity contribution in [3.05, 3.63) is 81.8 Å². The van der Waals surface area contributed by atoms with E-state index >= 15 is 0 Å². The van der Waals surface area contributed by atoms with Crippen molar-refractivity contribution in [3.63, 3.8) is 0 Å². The standard InChI is InChI=1S/C18H12Cl2O/c19-15-7-8-17(20)16(11-15)18(21)10-12-5-6-13-3-1-2-4-14(13)9-12/h1-9,11H,10H2. The van der Waals surface area contributed by atoms with Crippen molar-refractivity contribution in [1.29, 1.82) is 0 Å². The van der Waals surface area contributed by atoms with Gasteiger partial charge in [-0.1, -0.05) is 65.7 Å². The van der Waals surface area contributed by atoms with Crippen molar-refractivity contribution < 1.29 is 4.79 Å². The molecule has 0 amide bonds. The molecule has 1 nitrogen and oxygen atoms in total. The van der Waals surface area contributed by atoms with E-state index in [1.165, 1.54) is 0 Å². The minimum atomic E-state index is -0.0298. The summed E-state index contributed by atoms with van der Waals surface area (Å²) < 4.78 is 0. The monoisotopic (exact) mass is 314 g/mol. The predicted molar refractivity (Wildman–Crippen MR) is 88.4 cm³/mol. The lowest BCUT2D eigenvalue weighted by Crippen LogP contribution is -2.04. The van der Waals surface area contributed by atoms with Crippen LogP contribution in [0.15, 0.2) is 60.7 Å². The second kappa shape index (κ2) is 5.88. The molecule has 0 spiro atoms. The fraction of sp³-hybridized carbons (Fsp3) is 0.0556. The number of halogens is 2. The fourth-order valence-corrected chi connectivity index (χ4v) is 2.74. The predicted octanol–water partition coefficient (Wildman–Crippen LogP) is 5.57. The Labute approximate surface area is 133 Å². The van der Waals surface area contributed by atoms with Crippen molar-refractivity contribution in [2.45, 2.75) is 6.42 Å². The number of rotatable bonds is 3. The first-order valence-electron chi connectivity index (χ1n) is 6.59. The highest BCUT2D eigenvalue weighted by Gasteiger charge is 2.12. The molecule has 0 aliphatic carbocycles. The van der Waals surface area contributed by atoms with Crippen LogP contribution in [0.25, 0.3) is 10.8 Å². The lowest BCUT2D eigenvalue weighted by atomic mass is 10.0. The van der Waals surface area contributed by atoms with Crippen molar-refractivity contribution in [3.8, 4) is 0 Å². The minimum absolute atomic E-state index is 0.0298. The highest BCUT2D eigenvalue weighted by Crippen LogP contribution is 2.23. The second-order valence-electron chi connectivity index (χ2n) is 4.91. The second-order valence-corrected chi connectivity index (χ2v) is 5.75. The lowest BCUT2D eigenvalue weighted by Gasteiger charge is -2.06. The Balaban J connectivity index is 1.90. The number of Topliss-reactive ketones (excluding diaryl/α,β-unsaturated/α-hetero) is 1. The largest absolute Gasteiger partial charge is 0.294 e. The van der Waals surface area contributed by atoms with E-state index < -0.39 is 0 Å². The summed E-state index contributed by atoms with van der Waals surface area (Å²) in [6, 6.07) is 19.1. The highest BCUT2D eigenvalue weighted by atomic mass is 35.5. The fourth-order valence-electron chi connectivity index (χ4n) is 2.34. The molecule has 0 aromatic heterocycles. The average molecular weight is 315 g/mol. The Hall–Kier alpha value is -1.83. The van der Waals surface area contributed by atoms with Crippen molar-refractivity contribution in [2.75, 3.05) is 0 Å². The van der Waals surface area contributed by atoms with Crippen LogP contribution in [0.1, 0.15) is 15.9 Å². The number of hydrogen-bond donors (Lipinski definition) is 0. The zero-order valence-electron chi connectivity index (χ0n) is 11.1. The third-order valence-electron chi connectivity index (χ3n) is 3.41. The molecule has 0 atom stereocenters. The van der Waals surface area contributed by atoms with E-state index in [-0.39, 0.29) is 5.78 Å². The van der Waals surface area contributed by atoms with E-state index in [0.717, 1.165) is 16.3 Å². The zero-order valence-corrected chi connectivity index (χ0v) is 12.7. The van der Waals surface area contributed by atoms with Crippen LogP contribution in [0.4, 0.5) is 0 Å². The maximum absolute atomic E-state index is 12.4. The molecule has 0 fully saturated rings. The Morgan fingerprint density at radius 1 is 0.857 bits per heavy atom. The Bertz CT molecular complexity index is 824. The maximum atomic E-state index is 12.4. The summed E-state index contributed by atoms with van der Waals surface area (Å²) in [5.41, 5.74) is 1.44. The van der Waals surface area contributed by atoms with Crippen LogP contribution < -0.4 is 0 Å². The van der Waals surface area contributed by atoms with Gasteiger partial charge in [-0.25, -0.2) is 0 Å². The molecule has 0 saturated heterocycles. The first-order chi connectivity index (χ1) is 10.1. The molecule has 0 aliphatic heterocycles. The van der Waals surface area contributed by atoms with Crippen molar-refractivity contribution >= 4 is 39.8 Å². The number of fused-ring (bicyclic) bond motifs is 1. The molecule has 0 unspecified atom stereocenters. The molecule has 0 aliphatic rings. The molecular weight excluding hydrogens is 303 g/mol. The molecule has 3 rings (SSSR count). The summed E-state index contributed by atoms with van der Waals surface area (Å²) in [6.07, 6.45) is 0.310. The van der Waals surface area contributed by atoms with Crippen LogP contribution in [0, 0.1) is 0 Å². The zero-order chi connectivity index (χ0) is 14.8. The quantitative estimate of drug-likeness (QED) is 0.577. The van der Waals surface area contributed by atoms with Gasteiger partial charge >= 0.3 is 0 Å². The van der Waals surface area contributed by atoms with Gasteiger partial charge in [0.15, 0.2) is 5.78 Å². The highest BCUT2D eigenvalue weighted by molar-refractivity contribution is 6.35. The molecule has 3 aromatic rings. The van der Waals surface area contributed by atoms with E-state index in [1.807, 2.05) is 36.4 Å². The molecule has 0 N–H and O–H groups in total. The third kappa shape index (κ3) is 3.10. The Kier molecular flexibility index (Phi) is 3.96. The van der Waals surface area contributed by atoms with E-state index in [0.29, 0.717) is 22.0 Å². The van der Waals surface area contributed by atoms with Gasteiger partial charge < -0.3 is 0 Å². The van der Waals surface area contributed by atoms with Crippen LogP contribution >= 0.6 is 23.2 Å². The molecule has 0 radical (unpaired) electrons.